The van der Waals surface area contributed by atoms with Crippen LogP contribution in [0.2, 0.25) is 0 Å². The van der Waals surface area contributed by atoms with Gasteiger partial charge in [-0.15, -0.1) is 0 Å². The highest BCUT2D eigenvalue weighted by atomic mass is 79.9. The second-order valence-corrected chi connectivity index (χ2v) is 4.64. The van der Waals surface area contributed by atoms with Crippen LogP contribution in [0.3, 0.4) is 0 Å². The lowest BCUT2D eigenvalue weighted by Gasteiger charge is -2.17. The van der Waals surface area contributed by atoms with Gasteiger partial charge in [-0.2, -0.15) is 4.03 Å². The fourth-order valence-corrected chi connectivity index (χ4v) is 1.98. The van der Waals surface area contributed by atoms with E-state index in [0.717, 1.165) is 11.3 Å². The number of rotatable bonds is 3. The van der Waals surface area contributed by atoms with Crippen LogP contribution in [-0.4, -0.2) is 9.94 Å². The lowest BCUT2D eigenvalue weighted by molar-refractivity contribution is 0.0897. The van der Waals surface area contributed by atoms with Gasteiger partial charge in [0.2, 0.25) is 0 Å². The first-order valence-electron chi connectivity index (χ1n) is 5.55. The van der Waals surface area contributed by atoms with Crippen molar-refractivity contribution in [3.63, 3.8) is 0 Å². The molecule has 0 saturated heterocycles. The highest BCUT2D eigenvalue weighted by molar-refractivity contribution is 9.07. The molecule has 3 nitrogen and oxygen atoms in total. The van der Waals surface area contributed by atoms with Crippen LogP contribution < -0.4 is 5.43 Å². The Hall–Kier alpha value is -1.81. The van der Waals surface area contributed by atoms with Gasteiger partial charge < -0.3 is 0 Å². The SMILES string of the molecule is Cc1cccc(NN(Br)C(=O)c2ccccc2)c1. The summed E-state index contributed by atoms with van der Waals surface area (Å²) < 4.78 is 1.30. The van der Waals surface area contributed by atoms with Gasteiger partial charge in [0.05, 0.1) is 21.8 Å². The van der Waals surface area contributed by atoms with E-state index in [-0.39, 0.29) is 5.91 Å². The predicted molar refractivity (Wildman–Crippen MR) is 76.3 cm³/mol. The van der Waals surface area contributed by atoms with E-state index < -0.39 is 0 Å². The Kier molecular flexibility index (Phi) is 3.99. The molecule has 0 unspecified atom stereocenters. The van der Waals surface area contributed by atoms with E-state index in [1.54, 1.807) is 12.1 Å². The summed E-state index contributed by atoms with van der Waals surface area (Å²) in [5.74, 6) is -0.142. The van der Waals surface area contributed by atoms with E-state index in [2.05, 4.69) is 21.6 Å². The Morgan fingerprint density at radius 1 is 1.11 bits per heavy atom. The standard InChI is InChI=1S/C14H13BrN2O/c1-11-6-5-9-13(10-11)16-17(15)14(18)12-7-3-2-4-8-12/h2-10,16H,1H3. The van der Waals surface area contributed by atoms with Crippen LogP contribution >= 0.6 is 16.1 Å². The van der Waals surface area contributed by atoms with Crippen molar-refractivity contribution in [3.05, 3.63) is 65.7 Å². The van der Waals surface area contributed by atoms with Crippen molar-refractivity contribution in [2.45, 2.75) is 6.92 Å². The molecular weight excluding hydrogens is 292 g/mol. The minimum absolute atomic E-state index is 0.142. The van der Waals surface area contributed by atoms with E-state index in [9.17, 15) is 4.79 Å². The number of halogens is 1. The summed E-state index contributed by atoms with van der Waals surface area (Å²) in [4.78, 5) is 12.1. The van der Waals surface area contributed by atoms with E-state index in [1.807, 2.05) is 49.4 Å². The normalized spacial score (nSPS) is 9.89. The maximum absolute atomic E-state index is 12.1. The third kappa shape index (κ3) is 3.11. The second-order valence-electron chi connectivity index (χ2n) is 3.93. The van der Waals surface area contributed by atoms with Crippen LogP contribution in [0.5, 0.6) is 0 Å². The van der Waals surface area contributed by atoms with Crippen LogP contribution in [0.15, 0.2) is 54.6 Å². The molecule has 0 aliphatic heterocycles. The summed E-state index contributed by atoms with van der Waals surface area (Å²) in [5.41, 5.74) is 5.59. The molecule has 0 bridgehead atoms. The summed E-state index contributed by atoms with van der Waals surface area (Å²) in [6.45, 7) is 2.00. The number of hydrogen-bond acceptors (Lipinski definition) is 2. The van der Waals surface area contributed by atoms with Gasteiger partial charge in [0.25, 0.3) is 5.91 Å². The monoisotopic (exact) mass is 304 g/mol. The lowest BCUT2D eigenvalue weighted by atomic mass is 10.2. The maximum Gasteiger partial charge on any atom is 0.282 e. The Morgan fingerprint density at radius 2 is 1.83 bits per heavy atom. The number of nitrogens with zero attached hydrogens (tertiary/aromatic N) is 1. The third-order valence-electron chi connectivity index (χ3n) is 2.44. The van der Waals surface area contributed by atoms with Crippen molar-refractivity contribution >= 4 is 27.7 Å². The van der Waals surface area contributed by atoms with E-state index in [1.165, 1.54) is 4.03 Å². The van der Waals surface area contributed by atoms with Crippen molar-refractivity contribution in [1.82, 2.24) is 4.03 Å². The van der Waals surface area contributed by atoms with Crippen LogP contribution in [0.4, 0.5) is 5.69 Å². The number of amides is 1. The third-order valence-corrected chi connectivity index (χ3v) is 2.94. The summed E-state index contributed by atoms with van der Waals surface area (Å²) in [6, 6.07) is 16.9. The predicted octanol–water partition coefficient (Wildman–Crippen LogP) is 3.77. The van der Waals surface area contributed by atoms with Gasteiger partial charge in [0.1, 0.15) is 0 Å². The first kappa shape index (κ1) is 12.6. The smallest absolute Gasteiger partial charge is 0.282 e. The lowest BCUT2D eigenvalue weighted by Crippen LogP contribution is -2.26. The molecule has 2 aromatic carbocycles. The Labute approximate surface area is 115 Å². The molecular formula is C14H13BrN2O. The minimum atomic E-state index is -0.142. The van der Waals surface area contributed by atoms with Crippen molar-refractivity contribution in [1.29, 1.82) is 0 Å². The molecule has 0 aromatic heterocycles. The molecule has 0 fully saturated rings. The zero-order valence-electron chi connectivity index (χ0n) is 9.93. The molecule has 0 aliphatic rings. The number of nitrogens with one attached hydrogen (secondary N) is 1. The summed E-state index contributed by atoms with van der Waals surface area (Å²) in [7, 11) is 0. The fraction of sp³-hybridized carbons (Fsp3) is 0.0714. The summed E-state index contributed by atoms with van der Waals surface area (Å²) in [5, 5.41) is 0. The van der Waals surface area contributed by atoms with Gasteiger partial charge in [-0.3, -0.25) is 10.2 Å². The summed E-state index contributed by atoms with van der Waals surface area (Å²) in [6.07, 6.45) is 0. The molecule has 2 rings (SSSR count). The number of anilines is 1. The average Bonchev–Trinajstić information content (AvgIpc) is 2.39. The van der Waals surface area contributed by atoms with Crippen LogP contribution in [-0.2, 0) is 0 Å². The average molecular weight is 305 g/mol. The number of hydrogen-bond donors (Lipinski definition) is 1. The zero-order valence-corrected chi connectivity index (χ0v) is 11.5. The Bertz CT molecular complexity index is 543. The molecule has 0 spiro atoms. The van der Waals surface area contributed by atoms with Crippen LogP contribution in [0.1, 0.15) is 15.9 Å². The van der Waals surface area contributed by atoms with Gasteiger partial charge in [-0.05, 0) is 36.8 Å². The van der Waals surface area contributed by atoms with Crippen LogP contribution in [0.25, 0.3) is 0 Å². The molecule has 0 heterocycles. The molecule has 18 heavy (non-hydrogen) atoms. The molecule has 0 aliphatic carbocycles. The van der Waals surface area contributed by atoms with E-state index in [0.29, 0.717) is 5.56 Å². The zero-order chi connectivity index (χ0) is 13.0. The van der Waals surface area contributed by atoms with Gasteiger partial charge in [-0.25, -0.2) is 0 Å². The number of hydrazine groups is 1. The molecule has 0 radical (unpaired) electrons. The molecule has 2 aromatic rings. The largest absolute Gasteiger partial charge is 0.285 e. The van der Waals surface area contributed by atoms with E-state index in [4.69, 9.17) is 0 Å². The number of carbonyl (C=O) groups is 1. The van der Waals surface area contributed by atoms with Gasteiger partial charge in [-0.1, -0.05) is 30.3 Å². The number of benzene rings is 2. The highest BCUT2D eigenvalue weighted by Gasteiger charge is 2.12. The Balaban J connectivity index is 2.09. The summed E-state index contributed by atoms with van der Waals surface area (Å²) >= 11 is 3.21. The van der Waals surface area contributed by atoms with Gasteiger partial charge in [0.15, 0.2) is 0 Å². The first-order valence-corrected chi connectivity index (χ1v) is 6.26. The number of carbonyl (C=O) groups excluding carboxylic acids is 1. The van der Waals surface area contributed by atoms with Crippen molar-refractivity contribution in [2.75, 3.05) is 5.43 Å². The molecule has 0 atom stereocenters. The molecule has 0 saturated carbocycles. The van der Waals surface area contributed by atoms with Crippen molar-refractivity contribution in [3.8, 4) is 0 Å². The molecule has 4 heteroatoms. The minimum Gasteiger partial charge on any atom is -0.285 e. The van der Waals surface area contributed by atoms with E-state index >= 15 is 0 Å². The Morgan fingerprint density at radius 3 is 2.50 bits per heavy atom. The molecule has 1 N–H and O–H groups in total. The number of aryl methyl sites for hydroxylation is 1. The topological polar surface area (TPSA) is 32.3 Å². The molecule has 1 amide bonds. The highest BCUT2D eigenvalue weighted by Crippen LogP contribution is 2.14. The fourth-order valence-electron chi connectivity index (χ4n) is 1.57. The first-order chi connectivity index (χ1) is 8.66. The van der Waals surface area contributed by atoms with Crippen molar-refractivity contribution < 1.29 is 4.79 Å². The molecule has 92 valence electrons. The quantitative estimate of drug-likeness (QED) is 0.691. The van der Waals surface area contributed by atoms with Gasteiger partial charge in [0, 0.05) is 5.56 Å². The van der Waals surface area contributed by atoms with Gasteiger partial charge >= 0.3 is 0 Å². The van der Waals surface area contributed by atoms with Crippen molar-refractivity contribution in [2.24, 2.45) is 0 Å². The van der Waals surface area contributed by atoms with Crippen LogP contribution in [0, 0.1) is 6.92 Å². The maximum atomic E-state index is 12.1. The second kappa shape index (κ2) is 5.69.